The molecule has 0 saturated carbocycles. The quantitative estimate of drug-likeness (QED) is 0.513. The molecule has 172 valence electrons. The van der Waals surface area contributed by atoms with E-state index in [4.69, 9.17) is 14.2 Å². The predicted molar refractivity (Wildman–Crippen MR) is 123 cm³/mol. The summed E-state index contributed by atoms with van der Waals surface area (Å²) in [5, 5.41) is 0. The lowest BCUT2D eigenvalue weighted by Gasteiger charge is -2.20. The van der Waals surface area contributed by atoms with Crippen molar-refractivity contribution in [3.63, 3.8) is 0 Å². The molecule has 1 aliphatic heterocycles. The van der Waals surface area contributed by atoms with E-state index in [1.165, 1.54) is 13.2 Å². The number of aromatic nitrogens is 2. The van der Waals surface area contributed by atoms with Crippen molar-refractivity contribution in [3.8, 4) is 11.5 Å². The molecule has 33 heavy (non-hydrogen) atoms. The number of esters is 1. The minimum Gasteiger partial charge on any atom is -0.496 e. The van der Waals surface area contributed by atoms with E-state index < -0.39 is 5.97 Å². The summed E-state index contributed by atoms with van der Waals surface area (Å²) < 4.78 is 18.1. The highest BCUT2D eigenvalue weighted by Crippen LogP contribution is 2.26. The Kier molecular flexibility index (Phi) is 7.04. The predicted octanol–water partition coefficient (Wildman–Crippen LogP) is 2.68. The van der Waals surface area contributed by atoms with Crippen molar-refractivity contribution in [2.24, 2.45) is 0 Å². The number of carbonyl (C=O) groups is 1. The molecule has 0 fully saturated rings. The molecule has 0 bridgehead atoms. The number of carbonyl (C=O) groups excluding carboxylic acids is 1. The standard InChI is InChI=1S/C25H27N3O5/c1-31-21-6-4-3-5-19(21)16-27-12-9-20-24(25(30)32-2)22(15-23(29)28(20)14-13-27)33-17-18-7-10-26-11-8-18/h3-8,10-11,15H,9,12-14,16-17H2,1-2H3. The van der Waals surface area contributed by atoms with Gasteiger partial charge in [0.05, 0.1) is 14.2 Å². The molecule has 3 aromatic rings. The van der Waals surface area contributed by atoms with Crippen molar-refractivity contribution < 1.29 is 19.0 Å². The van der Waals surface area contributed by atoms with Crippen LogP contribution in [0.2, 0.25) is 0 Å². The third kappa shape index (κ3) is 5.06. The molecule has 0 radical (unpaired) electrons. The molecule has 0 spiro atoms. The molecule has 4 rings (SSSR count). The number of hydrogen-bond acceptors (Lipinski definition) is 7. The fraction of sp³-hybridized carbons (Fsp3) is 0.320. The van der Waals surface area contributed by atoms with Crippen LogP contribution < -0.4 is 15.0 Å². The molecule has 0 aliphatic carbocycles. The van der Waals surface area contributed by atoms with E-state index >= 15 is 0 Å². The Morgan fingerprint density at radius 3 is 2.58 bits per heavy atom. The van der Waals surface area contributed by atoms with Gasteiger partial charge in [-0.25, -0.2) is 4.79 Å². The summed E-state index contributed by atoms with van der Waals surface area (Å²) in [4.78, 5) is 31.9. The van der Waals surface area contributed by atoms with Crippen molar-refractivity contribution in [1.29, 1.82) is 0 Å². The monoisotopic (exact) mass is 449 g/mol. The summed E-state index contributed by atoms with van der Waals surface area (Å²) in [7, 11) is 2.99. The maximum absolute atomic E-state index is 13.0. The summed E-state index contributed by atoms with van der Waals surface area (Å²) in [6.45, 7) is 2.72. The van der Waals surface area contributed by atoms with E-state index in [2.05, 4.69) is 9.88 Å². The van der Waals surface area contributed by atoms with Gasteiger partial charge in [-0.1, -0.05) is 18.2 Å². The highest BCUT2D eigenvalue weighted by atomic mass is 16.5. The van der Waals surface area contributed by atoms with Crippen LogP contribution in [0, 0.1) is 0 Å². The van der Waals surface area contributed by atoms with Gasteiger partial charge in [-0.05, 0) is 23.8 Å². The smallest absolute Gasteiger partial charge is 0.343 e. The third-order valence-electron chi connectivity index (χ3n) is 5.81. The molecule has 0 amide bonds. The van der Waals surface area contributed by atoms with Crippen LogP contribution in [0.1, 0.15) is 27.2 Å². The average molecular weight is 450 g/mol. The number of benzene rings is 1. The van der Waals surface area contributed by atoms with E-state index in [1.54, 1.807) is 24.1 Å². The van der Waals surface area contributed by atoms with Crippen LogP contribution in [0.25, 0.3) is 0 Å². The first kappa shape index (κ1) is 22.5. The highest BCUT2D eigenvalue weighted by molar-refractivity contribution is 5.93. The van der Waals surface area contributed by atoms with E-state index in [0.717, 1.165) is 16.9 Å². The Morgan fingerprint density at radius 2 is 1.82 bits per heavy atom. The molecular weight excluding hydrogens is 422 g/mol. The van der Waals surface area contributed by atoms with E-state index in [0.29, 0.717) is 43.9 Å². The average Bonchev–Trinajstić information content (AvgIpc) is 3.06. The normalized spacial score (nSPS) is 13.6. The van der Waals surface area contributed by atoms with Gasteiger partial charge < -0.3 is 18.8 Å². The second-order valence-electron chi connectivity index (χ2n) is 7.79. The minimum atomic E-state index is -0.512. The van der Waals surface area contributed by atoms with Crippen LogP contribution >= 0.6 is 0 Å². The van der Waals surface area contributed by atoms with Gasteiger partial charge in [-0.3, -0.25) is 14.7 Å². The number of nitrogens with zero attached hydrogens (tertiary/aromatic N) is 3. The van der Waals surface area contributed by atoms with Crippen LogP contribution in [0.5, 0.6) is 11.5 Å². The zero-order chi connectivity index (χ0) is 23.2. The van der Waals surface area contributed by atoms with Crippen LogP contribution in [0.4, 0.5) is 0 Å². The Labute approximate surface area is 192 Å². The first-order valence-corrected chi connectivity index (χ1v) is 10.8. The molecule has 1 aromatic carbocycles. The van der Waals surface area contributed by atoms with Gasteiger partial charge in [0.1, 0.15) is 23.7 Å². The Bertz CT molecular complexity index is 1180. The number of rotatable bonds is 7. The van der Waals surface area contributed by atoms with E-state index in [-0.39, 0.29) is 17.9 Å². The summed E-state index contributed by atoms with van der Waals surface area (Å²) in [6, 6.07) is 12.9. The summed E-state index contributed by atoms with van der Waals surface area (Å²) >= 11 is 0. The lowest BCUT2D eigenvalue weighted by atomic mass is 10.1. The lowest BCUT2D eigenvalue weighted by Crippen LogP contribution is -2.29. The number of para-hydroxylation sites is 1. The van der Waals surface area contributed by atoms with Gasteiger partial charge in [-0.15, -0.1) is 0 Å². The Balaban J connectivity index is 1.61. The zero-order valence-corrected chi connectivity index (χ0v) is 18.8. The van der Waals surface area contributed by atoms with Gasteiger partial charge >= 0.3 is 5.97 Å². The van der Waals surface area contributed by atoms with Crippen molar-refractivity contribution in [1.82, 2.24) is 14.5 Å². The molecule has 0 saturated heterocycles. The molecule has 2 aromatic heterocycles. The molecule has 8 nitrogen and oxygen atoms in total. The Morgan fingerprint density at radius 1 is 1.03 bits per heavy atom. The first-order valence-electron chi connectivity index (χ1n) is 10.8. The topological polar surface area (TPSA) is 82.9 Å². The lowest BCUT2D eigenvalue weighted by molar-refractivity contribution is 0.0592. The maximum atomic E-state index is 13.0. The number of ether oxygens (including phenoxy) is 3. The van der Waals surface area contributed by atoms with Gasteiger partial charge in [0.2, 0.25) is 0 Å². The van der Waals surface area contributed by atoms with Gasteiger partial charge in [0, 0.05) is 62.3 Å². The number of methoxy groups -OCH3 is 2. The second-order valence-corrected chi connectivity index (χ2v) is 7.79. The molecule has 0 unspecified atom stereocenters. The number of fused-ring (bicyclic) bond motifs is 1. The van der Waals surface area contributed by atoms with Crippen molar-refractivity contribution in [2.45, 2.75) is 26.1 Å². The molecule has 3 heterocycles. The summed E-state index contributed by atoms with van der Waals surface area (Å²) in [5.74, 6) is 0.563. The van der Waals surface area contributed by atoms with E-state index in [1.807, 2.05) is 36.4 Å². The van der Waals surface area contributed by atoms with Gasteiger partial charge in [0.15, 0.2) is 0 Å². The highest BCUT2D eigenvalue weighted by Gasteiger charge is 2.26. The van der Waals surface area contributed by atoms with Crippen molar-refractivity contribution in [3.05, 3.63) is 87.6 Å². The van der Waals surface area contributed by atoms with Crippen LogP contribution in [-0.2, 0) is 30.9 Å². The third-order valence-corrected chi connectivity index (χ3v) is 5.81. The van der Waals surface area contributed by atoms with Crippen LogP contribution in [0.15, 0.2) is 59.7 Å². The molecule has 1 aliphatic rings. The van der Waals surface area contributed by atoms with Crippen molar-refractivity contribution >= 4 is 5.97 Å². The summed E-state index contributed by atoms with van der Waals surface area (Å²) in [6.07, 6.45) is 3.85. The second kappa shape index (κ2) is 10.3. The van der Waals surface area contributed by atoms with E-state index in [9.17, 15) is 9.59 Å². The largest absolute Gasteiger partial charge is 0.496 e. The molecule has 0 N–H and O–H groups in total. The fourth-order valence-corrected chi connectivity index (χ4v) is 4.10. The fourth-order valence-electron chi connectivity index (χ4n) is 4.10. The van der Waals surface area contributed by atoms with Crippen LogP contribution in [0.3, 0.4) is 0 Å². The van der Waals surface area contributed by atoms with Gasteiger partial charge in [0.25, 0.3) is 5.56 Å². The van der Waals surface area contributed by atoms with Crippen LogP contribution in [-0.4, -0.2) is 47.7 Å². The molecule has 8 heteroatoms. The first-order chi connectivity index (χ1) is 16.1. The Hall–Kier alpha value is -3.65. The number of hydrogen-bond donors (Lipinski definition) is 0. The minimum absolute atomic E-state index is 0.193. The summed E-state index contributed by atoms with van der Waals surface area (Å²) in [5.41, 5.74) is 2.72. The molecule has 0 atom stereocenters. The van der Waals surface area contributed by atoms with Crippen molar-refractivity contribution in [2.75, 3.05) is 27.3 Å². The molecular formula is C25H27N3O5. The maximum Gasteiger partial charge on any atom is 0.343 e. The zero-order valence-electron chi connectivity index (χ0n) is 18.8. The van der Waals surface area contributed by atoms with Gasteiger partial charge in [-0.2, -0.15) is 0 Å². The number of pyridine rings is 2. The SMILES string of the molecule is COC(=O)c1c(OCc2ccncc2)cc(=O)n2c1CCN(Cc1ccccc1OC)CC2.